The highest BCUT2D eigenvalue weighted by Gasteiger charge is 2.26. The van der Waals surface area contributed by atoms with Crippen LogP contribution in [-0.2, 0) is 0 Å². The van der Waals surface area contributed by atoms with Gasteiger partial charge in [-0.1, -0.05) is 18.2 Å². The molecule has 0 aliphatic carbocycles. The minimum Gasteiger partial charge on any atom is -0.459 e. The second kappa shape index (κ2) is 7.11. The van der Waals surface area contributed by atoms with Crippen molar-refractivity contribution in [3.05, 3.63) is 70.5 Å². The molecule has 1 fully saturated rings. The minimum absolute atomic E-state index is 0.0134. The average molecular weight is 366 g/mol. The number of amides is 2. The standard InChI is InChI=1S/C20H18N2O5/c23-18(15-13-14-5-1-2-6-16(14)27-20(15)25)21-8-4-9-22(11-10-21)19(24)17-7-3-12-26-17/h1-3,5-7,12-13H,4,8-11H2. The van der Waals surface area contributed by atoms with Gasteiger partial charge in [0.15, 0.2) is 5.76 Å². The number of nitrogens with zero attached hydrogens (tertiary/aromatic N) is 2. The third-order valence-electron chi connectivity index (χ3n) is 4.67. The number of para-hydroxylation sites is 1. The molecule has 3 heterocycles. The zero-order valence-electron chi connectivity index (χ0n) is 14.6. The van der Waals surface area contributed by atoms with Crippen LogP contribution < -0.4 is 5.63 Å². The van der Waals surface area contributed by atoms with Crippen LogP contribution in [0.5, 0.6) is 0 Å². The van der Waals surface area contributed by atoms with E-state index in [1.807, 2.05) is 6.07 Å². The van der Waals surface area contributed by atoms with Gasteiger partial charge >= 0.3 is 5.63 Å². The van der Waals surface area contributed by atoms with Gasteiger partial charge in [-0.15, -0.1) is 0 Å². The highest BCUT2D eigenvalue weighted by Crippen LogP contribution is 2.15. The molecule has 27 heavy (non-hydrogen) atoms. The molecule has 138 valence electrons. The van der Waals surface area contributed by atoms with Crippen molar-refractivity contribution in [3.63, 3.8) is 0 Å². The summed E-state index contributed by atoms with van der Waals surface area (Å²) in [6.45, 7) is 1.71. The number of hydrogen-bond acceptors (Lipinski definition) is 5. The van der Waals surface area contributed by atoms with Crippen LogP contribution in [0.25, 0.3) is 11.0 Å². The first-order chi connectivity index (χ1) is 13.1. The average Bonchev–Trinajstić information content (AvgIpc) is 3.11. The molecule has 1 aliphatic rings. The topological polar surface area (TPSA) is 84.0 Å². The van der Waals surface area contributed by atoms with Crippen molar-refractivity contribution in [3.8, 4) is 0 Å². The SMILES string of the molecule is O=C(c1ccco1)N1CCCN(C(=O)c2cc3ccccc3oc2=O)CC1. The third kappa shape index (κ3) is 3.36. The molecule has 0 radical (unpaired) electrons. The molecule has 1 aliphatic heterocycles. The molecule has 0 atom stereocenters. The lowest BCUT2D eigenvalue weighted by Crippen LogP contribution is -2.38. The lowest BCUT2D eigenvalue weighted by Gasteiger charge is -2.21. The van der Waals surface area contributed by atoms with Gasteiger partial charge in [-0.3, -0.25) is 9.59 Å². The first kappa shape index (κ1) is 17.1. The van der Waals surface area contributed by atoms with E-state index >= 15 is 0 Å². The zero-order chi connectivity index (χ0) is 18.8. The Labute approximate surface area is 154 Å². The van der Waals surface area contributed by atoms with E-state index in [0.717, 1.165) is 0 Å². The maximum atomic E-state index is 12.9. The largest absolute Gasteiger partial charge is 0.459 e. The van der Waals surface area contributed by atoms with Crippen LogP contribution in [0.2, 0.25) is 0 Å². The molecule has 0 spiro atoms. The van der Waals surface area contributed by atoms with E-state index in [1.165, 1.54) is 6.26 Å². The molecule has 0 bridgehead atoms. The summed E-state index contributed by atoms with van der Waals surface area (Å²) < 4.78 is 10.4. The molecule has 2 amide bonds. The smallest absolute Gasteiger partial charge is 0.349 e. The molecule has 4 rings (SSSR count). The number of carbonyl (C=O) groups is 2. The van der Waals surface area contributed by atoms with Gasteiger partial charge < -0.3 is 18.6 Å². The predicted molar refractivity (Wildman–Crippen MR) is 97.6 cm³/mol. The molecular weight excluding hydrogens is 348 g/mol. The van der Waals surface area contributed by atoms with Gasteiger partial charge in [0.1, 0.15) is 11.1 Å². The Morgan fingerprint density at radius 3 is 2.37 bits per heavy atom. The Morgan fingerprint density at radius 1 is 0.889 bits per heavy atom. The van der Waals surface area contributed by atoms with Crippen LogP contribution in [-0.4, -0.2) is 47.8 Å². The lowest BCUT2D eigenvalue weighted by molar-refractivity contribution is 0.0698. The first-order valence-electron chi connectivity index (χ1n) is 8.78. The Morgan fingerprint density at radius 2 is 1.63 bits per heavy atom. The van der Waals surface area contributed by atoms with Crippen molar-refractivity contribution in [2.75, 3.05) is 26.2 Å². The van der Waals surface area contributed by atoms with E-state index in [0.29, 0.717) is 43.6 Å². The molecular formula is C20H18N2O5. The highest BCUT2D eigenvalue weighted by molar-refractivity contribution is 5.97. The Balaban J connectivity index is 1.52. The van der Waals surface area contributed by atoms with Gasteiger partial charge in [0.25, 0.3) is 11.8 Å². The van der Waals surface area contributed by atoms with Gasteiger partial charge in [0.2, 0.25) is 0 Å². The summed E-state index contributed by atoms with van der Waals surface area (Å²) in [7, 11) is 0. The van der Waals surface area contributed by atoms with E-state index in [2.05, 4.69) is 0 Å². The van der Waals surface area contributed by atoms with E-state index in [-0.39, 0.29) is 23.1 Å². The first-order valence-corrected chi connectivity index (χ1v) is 8.78. The van der Waals surface area contributed by atoms with Crippen LogP contribution >= 0.6 is 0 Å². The Hall–Kier alpha value is -3.35. The summed E-state index contributed by atoms with van der Waals surface area (Å²) in [5, 5.41) is 0.699. The van der Waals surface area contributed by atoms with Crippen LogP contribution in [0.3, 0.4) is 0 Å². The Bertz CT molecular complexity index is 1040. The molecule has 0 unspecified atom stereocenters. The molecule has 7 heteroatoms. The van der Waals surface area contributed by atoms with E-state index in [1.54, 1.807) is 46.2 Å². The number of benzene rings is 1. The minimum atomic E-state index is -0.647. The molecule has 0 N–H and O–H groups in total. The number of furan rings is 1. The summed E-state index contributed by atoms with van der Waals surface area (Å²) in [5.41, 5.74) is -0.184. The van der Waals surface area contributed by atoms with Crippen molar-refractivity contribution in [1.29, 1.82) is 0 Å². The molecule has 0 saturated carbocycles. The third-order valence-corrected chi connectivity index (χ3v) is 4.67. The van der Waals surface area contributed by atoms with Crippen molar-refractivity contribution in [2.24, 2.45) is 0 Å². The summed E-state index contributed by atoms with van der Waals surface area (Å²) >= 11 is 0. The van der Waals surface area contributed by atoms with Crippen LogP contribution in [0.15, 0.2) is 62.4 Å². The fourth-order valence-electron chi connectivity index (χ4n) is 3.26. The van der Waals surface area contributed by atoms with Crippen molar-refractivity contribution in [1.82, 2.24) is 9.80 Å². The highest BCUT2D eigenvalue weighted by atomic mass is 16.4. The summed E-state index contributed by atoms with van der Waals surface area (Å²) in [6, 6.07) is 11.9. The summed E-state index contributed by atoms with van der Waals surface area (Å²) in [6.07, 6.45) is 2.08. The number of hydrogen-bond donors (Lipinski definition) is 0. The zero-order valence-corrected chi connectivity index (χ0v) is 14.6. The van der Waals surface area contributed by atoms with Crippen molar-refractivity contribution in [2.45, 2.75) is 6.42 Å². The quantitative estimate of drug-likeness (QED) is 0.650. The van der Waals surface area contributed by atoms with Gasteiger partial charge in [0.05, 0.1) is 6.26 Å². The molecule has 7 nitrogen and oxygen atoms in total. The maximum Gasteiger partial charge on any atom is 0.349 e. The second-order valence-electron chi connectivity index (χ2n) is 6.40. The fraction of sp³-hybridized carbons (Fsp3) is 0.250. The lowest BCUT2D eigenvalue weighted by atomic mass is 10.1. The van der Waals surface area contributed by atoms with E-state index in [9.17, 15) is 14.4 Å². The number of carbonyl (C=O) groups excluding carboxylic acids is 2. The maximum absolute atomic E-state index is 12.9. The molecule has 3 aromatic rings. The second-order valence-corrected chi connectivity index (χ2v) is 6.40. The van der Waals surface area contributed by atoms with Crippen LogP contribution in [0.4, 0.5) is 0 Å². The normalized spacial score (nSPS) is 15.0. The monoisotopic (exact) mass is 366 g/mol. The van der Waals surface area contributed by atoms with E-state index in [4.69, 9.17) is 8.83 Å². The number of fused-ring (bicyclic) bond motifs is 1. The molecule has 2 aromatic heterocycles. The molecule has 1 saturated heterocycles. The predicted octanol–water partition coefficient (Wildman–Crippen LogP) is 2.37. The van der Waals surface area contributed by atoms with Crippen LogP contribution in [0, 0.1) is 0 Å². The van der Waals surface area contributed by atoms with Crippen molar-refractivity contribution >= 4 is 22.8 Å². The van der Waals surface area contributed by atoms with Gasteiger partial charge in [-0.25, -0.2) is 4.79 Å². The van der Waals surface area contributed by atoms with Gasteiger partial charge in [-0.2, -0.15) is 0 Å². The number of rotatable bonds is 2. The van der Waals surface area contributed by atoms with Gasteiger partial charge in [-0.05, 0) is 30.7 Å². The molecule has 1 aromatic carbocycles. The van der Waals surface area contributed by atoms with Gasteiger partial charge in [0, 0.05) is 31.6 Å². The summed E-state index contributed by atoms with van der Waals surface area (Å²) in [4.78, 5) is 40.8. The van der Waals surface area contributed by atoms with Crippen molar-refractivity contribution < 1.29 is 18.4 Å². The summed E-state index contributed by atoms with van der Waals surface area (Å²) in [5.74, 6) is -0.286. The Kier molecular flexibility index (Phi) is 4.50. The van der Waals surface area contributed by atoms with Crippen LogP contribution in [0.1, 0.15) is 27.3 Å². The van der Waals surface area contributed by atoms with E-state index < -0.39 is 5.63 Å². The fourth-order valence-corrected chi connectivity index (χ4v) is 3.26.